The Labute approximate surface area is 164 Å². The lowest BCUT2D eigenvalue weighted by molar-refractivity contribution is 0.208. The molecule has 7 heteroatoms. The zero-order valence-corrected chi connectivity index (χ0v) is 16.3. The minimum absolute atomic E-state index is 0.151. The topological polar surface area (TPSA) is 54.0 Å². The SMILES string of the molecule is CCOc1ccc(N2CCN(C(=O)Nc3cc(Cl)ccc3OC)CC2)cc1. The summed E-state index contributed by atoms with van der Waals surface area (Å²) in [6, 6.07) is 13.1. The molecule has 0 bridgehead atoms. The van der Waals surface area contributed by atoms with Gasteiger partial charge < -0.3 is 24.6 Å². The molecule has 3 rings (SSSR count). The molecule has 0 unspecified atom stereocenters. The van der Waals surface area contributed by atoms with Crippen molar-refractivity contribution in [2.24, 2.45) is 0 Å². The van der Waals surface area contributed by atoms with Crippen molar-refractivity contribution >= 4 is 29.0 Å². The van der Waals surface area contributed by atoms with E-state index in [0.717, 1.165) is 24.5 Å². The van der Waals surface area contributed by atoms with Gasteiger partial charge in [-0.25, -0.2) is 4.79 Å². The minimum atomic E-state index is -0.151. The van der Waals surface area contributed by atoms with Gasteiger partial charge in [-0.1, -0.05) is 11.6 Å². The van der Waals surface area contributed by atoms with Crippen LogP contribution in [0.25, 0.3) is 0 Å². The molecular weight excluding hydrogens is 366 g/mol. The van der Waals surface area contributed by atoms with Gasteiger partial charge in [0, 0.05) is 36.9 Å². The number of carbonyl (C=O) groups is 1. The van der Waals surface area contributed by atoms with Crippen LogP contribution in [0.3, 0.4) is 0 Å². The minimum Gasteiger partial charge on any atom is -0.495 e. The third-order valence-corrected chi connectivity index (χ3v) is 4.72. The van der Waals surface area contributed by atoms with Crippen molar-refractivity contribution in [3.8, 4) is 11.5 Å². The second-order valence-corrected chi connectivity index (χ2v) is 6.61. The summed E-state index contributed by atoms with van der Waals surface area (Å²) in [4.78, 5) is 16.6. The van der Waals surface area contributed by atoms with Crippen LogP contribution in [0.15, 0.2) is 42.5 Å². The molecule has 6 nitrogen and oxygen atoms in total. The van der Waals surface area contributed by atoms with Crippen LogP contribution in [0.1, 0.15) is 6.92 Å². The van der Waals surface area contributed by atoms with Gasteiger partial charge in [-0.3, -0.25) is 0 Å². The molecule has 2 aromatic carbocycles. The normalized spacial score (nSPS) is 14.0. The Morgan fingerprint density at radius 3 is 2.44 bits per heavy atom. The highest BCUT2D eigenvalue weighted by Gasteiger charge is 2.22. The Kier molecular flexibility index (Phi) is 6.29. The molecule has 27 heavy (non-hydrogen) atoms. The number of halogens is 1. The van der Waals surface area contributed by atoms with E-state index < -0.39 is 0 Å². The number of hydrogen-bond donors (Lipinski definition) is 1. The van der Waals surface area contributed by atoms with Crippen molar-refractivity contribution in [1.29, 1.82) is 0 Å². The number of anilines is 2. The summed E-state index contributed by atoms with van der Waals surface area (Å²) in [5.74, 6) is 1.45. The Morgan fingerprint density at radius 1 is 1.11 bits per heavy atom. The summed E-state index contributed by atoms with van der Waals surface area (Å²) in [5, 5.41) is 3.44. The lowest BCUT2D eigenvalue weighted by Gasteiger charge is -2.36. The fourth-order valence-corrected chi connectivity index (χ4v) is 3.23. The van der Waals surface area contributed by atoms with Gasteiger partial charge >= 0.3 is 6.03 Å². The van der Waals surface area contributed by atoms with Gasteiger partial charge in [0.2, 0.25) is 0 Å². The lowest BCUT2D eigenvalue weighted by atomic mass is 10.2. The van der Waals surface area contributed by atoms with E-state index in [0.29, 0.717) is 36.2 Å². The van der Waals surface area contributed by atoms with E-state index in [1.54, 1.807) is 30.2 Å². The number of piperazine rings is 1. The predicted molar refractivity (Wildman–Crippen MR) is 108 cm³/mol. The maximum Gasteiger partial charge on any atom is 0.322 e. The van der Waals surface area contributed by atoms with E-state index in [-0.39, 0.29) is 6.03 Å². The molecule has 1 aliphatic rings. The molecule has 1 fully saturated rings. The molecule has 1 heterocycles. The maximum atomic E-state index is 12.6. The third-order valence-electron chi connectivity index (χ3n) is 4.48. The molecule has 0 aromatic heterocycles. The van der Waals surface area contributed by atoms with E-state index in [2.05, 4.69) is 22.3 Å². The number of urea groups is 1. The monoisotopic (exact) mass is 389 g/mol. The molecule has 0 saturated carbocycles. The van der Waals surface area contributed by atoms with Gasteiger partial charge in [0.25, 0.3) is 0 Å². The van der Waals surface area contributed by atoms with Gasteiger partial charge in [0.15, 0.2) is 0 Å². The first-order chi connectivity index (χ1) is 13.1. The molecule has 144 valence electrons. The second kappa shape index (κ2) is 8.86. The second-order valence-electron chi connectivity index (χ2n) is 6.18. The average molecular weight is 390 g/mol. The number of nitrogens with zero attached hydrogens (tertiary/aromatic N) is 2. The molecule has 2 amide bonds. The van der Waals surface area contributed by atoms with Crippen LogP contribution in [0.4, 0.5) is 16.2 Å². The number of benzene rings is 2. The molecule has 0 atom stereocenters. The molecule has 1 saturated heterocycles. The molecule has 1 N–H and O–H groups in total. The molecule has 0 radical (unpaired) electrons. The first-order valence-electron chi connectivity index (χ1n) is 8.98. The zero-order chi connectivity index (χ0) is 19.2. The highest BCUT2D eigenvalue weighted by molar-refractivity contribution is 6.31. The van der Waals surface area contributed by atoms with Gasteiger partial charge in [-0.05, 0) is 49.4 Å². The fraction of sp³-hybridized carbons (Fsp3) is 0.350. The molecule has 0 aliphatic carbocycles. The summed E-state index contributed by atoms with van der Waals surface area (Å²) in [5.41, 5.74) is 1.71. The fourth-order valence-electron chi connectivity index (χ4n) is 3.06. The molecular formula is C20H24ClN3O3. The van der Waals surface area contributed by atoms with Crippen LogP contribution in [0, 0.1) is 0 Å². The Bertz CT molecular complexity index is 775. The van der Waals surface area contributed by atoms with E-state index >= 15 is 0 Å². The van der Waals surface area contributed by atoms with Crippen LogP contribution in [-0.4, -0.2) is 50.8 Å². The van der Waals surface area contributed by atoms with Crippen LogP contribution >= 0.6 is 11.6 Å². The van der Waals surface area contributed by atoms with E-state index in [1.807, 2.05) is 19.1 Å². The van der Waals surface area contributed by atoms with Crippen LogP contribution in [-0.2, 0) is 0 Å². The standard InChI is InChI=1S/C20H24ClN3O3/c1-3-27-17-7-5-16(6-8-17)23-10-12-24(13-11-23)20(25)22-18-14-15(21)4-9-19(18)26-2/h4-9,14H,3,10-13H2,1-2H3,(H,22,25). The average Bonchev–Trinajstić information content (AvgIpc) is 2.69. The molecule has 1 aliphatic heterocycles. The van der Waals surface area contributed by atoms with Crippen molar-refractivity contribution in [2.45, 2.75) is 6.92 Å². The third kappa shape index (κ3) is 4.77. The smallest absolute Gasteiger partial charge is 0.322 e. The number of carbonyl (C=O) groups excluding carboxylic acids is 1. The quantitative estimate of drug-likeness (QED) is 0.836. The number of hydrogen-bond acceptors (Lipinski definition) is 4. The first-order valence-corrected chi connectivity index (χ1v) is 9.35. The number of ether oxygens (including phenoxy) is 2. The summed E-state index contributed by atoms with van der Waals surface area (Å²) in [6.07, 6.45) is 0. The number of nitrogens with one attached hydrogen (secondary N) is 1. The van der Waals surface area contributed by atoms with Gasteiger partial charge in [0.05, 0.1) is 19.4 Å². The Hall–Kier alpha value is -2.60. The zero-order valence-electron chi connectivity index (χ0n) is 15.6. The predicted octanol–water partition coefficient (Wildman–Crippen LogP) is 4.10. The summed E-state index contributed by atoms with van der Waals surface area (Å²) in [7, 11) is 1.56. The van der Waals surface area contributed by atoms with Crippen molar-refractivity contribution < 1.29 is 14.3 Å². The van der Waals surface area contributed by atoms with Crippen LogP contribution in [0.2, 0.25) is 5.02 Å². The highest BCUT2D eigenvalue weighted by atomic mass is 35.5. The van der Waals surface area contributed by atoms with E-state index in [9.17, 15) is 4.79 Å². The van der Waals surface area contributed by atoms with Crippen LogP contribution < -0.4 is 19.7 Å². The van der Waals surface area contributed by atoms with E-state index in [1.165, 1.54) is 0 Å². The maximum absolute atomic E-state index is 12.6. The number of amides is 2. The lowest BCUT2D eigenvalue weighted by Crippen LogP contribution is -2.50. The van der Waals surface area contributed by atoms with Gasteiger partial charge in [0.1, 0.15) is 11.5 Å². The Balaban J connectivity index is 1.57. The van der Waals surface area contributed by atoms with Crippen LogP contribution in [0.5, 0.6) is 11.5 Å². The first kappa shape index (κ1) is 19.2. The Morgan fingerprint density at radius 2 is 1.81 bits per heavy atom. The van der Waals surface area contributed by atoms with Gasteiger partial charge in [-0.15, -0.1) is 0 Å². The van der Waals surface area contributed by atoms with Crippen molar-refractivity contribution in [3.63, 3.8) is 0 Å². The van der Waals surface area contributed by atoms with Crippen molar-refractivity contribution in [3.05, 3.63) is 47.5 Å². The van der Waals surface area contributed by atoms with E-state index in [4.69, 9.17) is 21.1 Å². The largest absolute Gasteiger partial charge is 0.495 e. The number of rotatable bonds is 5. The molecule has 0 spiro atoms. The van der Waals surface area contributed by atoms with Crippen molar-refractivity contribution in [1.82, 2.24) is 4.90 Å². The summed E-state index contributed by atoms with van der Waals surface area (Å²) in [6.45, 7) is 5.45. The van der Waals surface area contributed by atoms with Gasteiger partial charge in [-0.2, -0.15) is 0 Å². The van der Waals surface area contributed by atoms with Crippen molar-refractivity contribution in [2.75, 3.05) is 50.1 Å². The summed E-state index contributed by atoms with van der Waals surface area (Å²) >= 11 is 6.02. The number of methoxy groups -OCH3 is 1. The highest BCUT2D eigenvalue weighted by Crippen LogP contribution is 2.28. The summed E-state index contributed by atoms with van der Waals surface area (Å²) < 4.78 is 10.8. The molecule has 2 aromatic rings.